The quantitative estimate of drug-likeness (QED) is 0.476. The highest BCUT2D eigenvalue weighted by molar-refractivity contribution is 7.61. The molecule has 0 aromatic rings. The molecule has 3 nitrogen and oxygen atoms in total. The maximum absolute atomic E-state index is 9.43. The Balaban J connectivity index is 3.78. The molecule has 0 aliphatic rings. The summed E-state index contributed by atoms with van der Waals surface area (Å²) in [6.45, 7) is 2.01. The molecule has 0 saturated heterocycles. The van der Waals surface area contributed by atoms with E-state index in [9.17, 15) is 8.42 Å². The van der Waals surface area contributed by atoms with Crippen molar-refractivity contribution in [1.29, 1.82) is 0 Å². The van der Waals surface area contributed by atoms with Crippen LogP contribution in [0, 0.1) is 0 Å². The summed E-state index contributed by atoms with van der Waals surface area (Å²) in [5.74, 6) is 0. The van der Waals surface area contributed by atoms with Gasteiger partial charge in [0.05, 0.1) is 6.54 Å². The largest absolute Gasteiger partial charge is 0.311 e. The average molecular weight is 107 g/mol. The minimum atomic E-state index is -2.19. The van der Waals surface area contributed by atoms with Crippen LogP contribution in [0.15, 0.2) is 4.36 Å². The van der Waals surface area contributed by atoms with E-state index < -0.39 is 10.5 Å². The first-order chi connectivity index (χ1) is 2.77. The second kappa shape index (κ2) is 2.84. The molecule has 0 bridgehead atoms. The third-order valence-corrected chi connectivity index (χ3v) is 0.704. The first-order valence-corrected chi connectivity index (χ1v) is 2.57. The van der Waals surface area contributed by atoms with Crippen molar-refractivity contribution < 1.29 is 8.42 Å². The van der Waals surface area contributed by atoms with Gasteiger partial charge in [0.2, 0.25) is 0 Å². The van der Waals surface area contributed by atoms with E-state index in [4.69, 9.17) is 0 Å². The molecule has 0 heterocycles. The van der Waals surface area contributed by atoms with Crippen molar-refractivity contribution >= 4 is 10.5 Å². The second-order valence-corrected chi connectivity index (χ2v) is 1.35. The molecule has 0 radical (unpaired) electrons. The van der Waals surface area contributed by atoms with Gasteiger partial charge in [-0.15, -0.1) is 0 Å². The van der Waals surface area contributed by atoms with Gasteiger partial charge in [-0.3, -0.25) is 0 Å². The Bertz CT molecular complexity index is 126. The van der Waals surface area contributed by atoms with Crippen LogP contribution in [-0.4, -0.2) is 15.0 Å². The van der Waals surface area contributed by atoms with Gasteiger partial charge in [0.1, 0.15) is 0 Å². The van der Waals surface area contributed by atoms with Crippen LogP contribution in [0.3, 0.4) is 0 Å². The third-order valence-electron chi connectivity index (χ3n) is 0.235. The summed E-state index contributed by atoms with van der Waals surface area (Å²) in [5.41, 5.74) is 0. The van der Waals surface area contributed by atoms with Crippen molar-refractivity contribution in [3.8, 4) is 0 Å². The first kappa shape index (κ1) is 5.62. The number of hydrogen-bond donors (Lipinski definition) is 0. The zero-order chi connectivity index (χ0) is 4.99. The van der Waals surface area contributed by atoms with E-state index in [1.165, 1.54) is 0 Å². The van der Waals surface area contributed by atoms with Gasteiger partial charge in [-0.1, -0.05) is 0 Å². The zero-order valence-corrected chi connectivity index (χ0v) is 4.20. The Morgan fingerprint density at radius 3 is 2.17 bits per heavy atom. The van der Waals surface area contributed by atoms with Crippen LogP contribution in [0.4, 0.5) is 0 Å². The third kappa shape index (κ3) is 3.62. The summed E-state index contributed by atoms with van der Waals surface area (Å²) < 4.78 is 21.9. The SMILES string of the molecule is CCN=S(=O)=O. The number of nitrogens with zero attached hydrogens (tertiary/aromatic N) is 1. The van der Waals surface area contributed by atoms with Gasteiger partial charge in [-0.25, -0.2) is 0 Å². The molecule has 36 valence electrons. The topological polar surface area (TPSA) is 46.5 Å². The average Bonchev–Trinajstić information content (AvgIpc) is 1.35. The summed E-state index contributed by atoms with van der Waals surface area (Å²) in [4.78, 5) is 0. The standard InChI is InChI=1S/C2H5NO2S/c1-2-3-6(4)5/h2H2,1H3. The lowest BCUT2D eigenvalue weighted by Crippen LogP contribution is -1.61. The molecular formula is C2H5NO2S. The van der Waals surface area contributed by atoms with Crippen LogP contribution in [0.1, 0.15) is 6.92 Å². The summed E-state index contributed by atoms with van der Waals surface area (Å²) in [6, 6.07) is 0. The Morgan fingerprint density at radius 1 is 1.67 bits per heavy atom. The van der Waals surface area contributed by atoms with Crippen LogP contribution in [0.25, 0.3) is 0 Å². The van der Waals surface area contributed by atoms with Crippen molar-refractivity contribution in [2.75, 3.05) is 6.54 Å². The number of hydrogen-bond acceptors (Lipinski definition) is 3. The van der Waals surface area contributed by atoms with E-state index in [2.05, 4.69) is 4.36 Å². The molecule has 0 aromatic carbocycles. The highest BCUT2D eigenvalue weighted by Crippen LogP contribution is 1.58. The van der Waals surface area contributed by atoms with Crippen molar-refractivity contribution in [3.05, 3.63) is 0 Å². The van der Waals surface area contributed by atoms with Crippen molar-refractivity contribution in [2.24, 2.45) is 4.36 Å². The second-order valence-electron chi connectivity index (χ2n) is 0.662. The summed E-state index contributed by atoms with van der Waals surface area (Å²) in [5, 5.41) is 0. The molecule has 0 spiro atoms. The van der Waals surface area contributed by atoms with Gasteiger partial charge in [0.15, 0.2) is 0 Å². The summed E-state index contributed by atoms with van der Waals surface area (Å²) in [6.07, 6.45) is 0. The molecule has 0 aliphatic carbocycles. The predicted octanol–water partition coefficient (Wildman–Crippen LogP) is 0.0690. The Hall–Kier alpha value is -0.380. The lowest BCUT2D eigenvalue weighted by molar-refractivity contribution is 0.620. The number of rotatable bonds is 1. The molecular weight excluding hydrogens is 102 g/mol. The van der Waals surface area contributed by atoms with Crippen LogP contribution in [-0.2, 0) is 10.5 Å². The fourth-order valence-corrected chi connectivity index (χ4v) is 0.316. The van der Waals surface area contributed by atoms with E-state index >= 15 is 0 Å². The molecule has 0 amide bonds. The molecule has 0 saturated carbocycles. The molecule has 4 heteroatoms. The van der Waals surface area contributed by atoms with Crippen LogP contribution in [0.2, 0.25) is 0 Å². The van der Waals surface area contributed by atoms with Gasteiger partial charge < -0.3 is 0 Å². The Kier molecular flexibility index (Phi) is 2.66. The van der Waals surface area contributed by atoms with Crippen LogP contribution in [0.5, 0.6) is 0 Å². The van der Waals surface area contributed by atoms with E-state index in [1.807, 2.05) is 0 Å². The minimum Gasteiger partial charge on any atom is -0.172 e. The molecule has 0 aromatic heterocycles. The van der Waals surface area contributed by atoms with Crippen molar-refractivity contribution in [3.63, 3.8) is 0 Å². The summed E-state index contributed by atoms with van der Waals surface area (Å²) >= 11 is 0. The maximum Gasteiger partial charge on any atom is 0.311 e. The van der Waals surface area contributed by atoms with Gasteiger partial charge in [-0.2, -0.15) is 12.8 Å². The lowest BCUT2D eigenvalue weighted by atomic mass is 10.8. The smallest absolute Gasteiger partial charge is 0.172 e. The van der Waals surface area contributed by atoms with E-state index in [1.54, 1.807) is 6.92 Å². The maximum atomic E-state index is 9.43. The molecule has 0 aliphatic heterocycles. The Labute approximate surface area is 37.7 Å². The fraction of sp³-hybridized carbons (Fsp3) is 1.00. The predicted molar refractivity (Wildman–Crippen MR) is 21.9 cm³/mol. The van der Waals surface area contributed by atoms with Gasteiger partial charge >= 0.3 is 10.5 Å². The van der Waals surface area contributed by atoms with E-state index in [0.29, 0.717) is 6.54 Å². The summed E-state index contributed by atoms with van der Waals surface area (Å²) in [7, 11) is -2.19. The van der Waals surface area contributed by atoms with Gasteiger partial charge in [0.25, 0.3) is 0 Å². The zero-order valence-electron chi connectivity index (χ0n) is 3.38. The first-order valence-electron chi connectivity index (χ1n) is 1.54. The van der Waals surface area contributed by atoms with Gasteiger partial charge in [0, 0.05) is 0 Å². The molecule has 0 rings (SSSR count). The van der Waals surface area contributed by atoms with E-state index in [-0.39, 0.29) is 0 Å². The minimum absolute atomic E-state index is 0.343. The van der Waals surface area contributed by atoms with Crippen LogP contribution < -0.4 is 0 Å². The fourth-order valence-electron chi connectivity index (χ4n) is 0.105. The monoisotopic (exact) mass is 107 g/mol. The van der Waals surface area contributed by atoms with E-state index in [0.717, 1.165) is 0 Å². The molecule has 0 atom stereocenters. The Morgan fingerprint density at radius 2 is 2.17 bits per heavy atom. The molecule has 0 N–H and O–H groups in total. The molecule has 6 heavy (non-hydrogen) atoms. The van der Waals surface area contributed by atoms with Crippen molar-refractivity contribution in [2.45, 2.75) is 6.92 Å². The van der Waals surface area contributed by atoms with Crippen molar-refractivity contribution in [1.82, 2.24) is 0 Å². The van der Waals surface area contributed by atoms with Crippen LogP contribution >= 0.6 is 0 Å². The molecule has 0 fully saturated rings. The normalized spacial score (nSPS) is 7.50. The highest BCUT2D eigenvalue weighted by atomic mass is 32.2. The lowest BCUT2D eigenvalue weighted by Gasteiger charge is -1.59. The molecule has 0 unspecified atom stereocenters. The highest BCUT2D eigenvalue weighted by Gasteiger charge is 1.60. The van der Waals surface area contributed by atoms with Gasteiger partial charge in [-0.05, 0) is 6.92 Å².